The number of amides is 1. The van der Waals surface area contributed by atoms with Crippen LogP contribution in [-0.4, -0.2) is 23.4 Å². The third kappa shape index (κ3) is 2.11. The van der Waals surface area contributed by atoms with Crippen molar-refractivity contribution in [2.45, 2.75) is 31.8 Å². The minimum absolute atomic E-state index is 0.00796. The van der Waals surface area contributed by atoms with Gasteiger partial charge < -0.3 is 15.1 Å². The Balaban J connectivity index is 1.98. The lowest BCUT2D eigenvalue weighted by molar-refractivity contribution is -0.136. The van der Waals surface area contributed by atoms with Crippen molar-refractivity contribution in [1.82, 2.24) is 4.90 Å². The highest BCUT2D eigenvalue weighted by Gasteiger charge is 2.45. The van der Waals surface area contributed by atoms with Crippen molar-refractivity contribution < 1.29 is 9.21 Å². The second-order valence-electron chi connectivity index (χ2n) is 4.80. The van der Waals surface area contributed by atoms with Crippen molar-refractivity contribution in [2.75, 3.05) is 7.05 Å². The molecular weight excluding hydrogens is 204 g/mol. The van der Waals surface area contributed by atoms with Gasteiger partial charge in [0.25, 0.3) is 0 Å². The number of nitrogens with zero attached hydrogens (tertiary/aromatic N) is 1. The van der Waals surface area contributed by atoms with E-state index in [0.29, 0.717) is 12.5 Å². The Labute approximate surface area is 95.4 Å². The molecule has 16 heavy (non-hydrogen) atoms. The van der Waals surface area contributed by atoms with Crippen LogP contribution in [-0.2, 0) is 11.3 Å². The zero-order valence-corrected chi connectivity index (χ0v) is 9.77. The zero-order chi connectivity index (χ0) is 11.8. The molecule has 0 aromatic carbocycles. The molecule has 88 valence electrons. The zero-order valence-electron chi connectivity index (χ0n) is 9.77. The molecule has 0 bridgehead atoms. The lowest BCUT2D eigenvalue weighted by Gasteiger charge is -2.28. The van der Waals surface area contributed by atoms with Gasteiger partial charge in [-0.15, -0.1) is 0 Å². The molecule has 0 saturated heterocycles. The third-order valence-corrected chi connectivity index (χ3v) is 3.21. The van der Waals surface area contributed by atoms with Gasteiger partial charge in [0.1, 0.15) is 5.76 Å². The average molecular weight is 222 g/mol. The highest BCUT2D eigenvalue weighted by molar-refractivity contribution is 5.86. The Bertz CT molecular complexity index is 366. The second kappa shape index (κ2) is 3.94. The Hall–Kier alpha value is -1.29. The predicted molar refractivity (Wildman–Crippen MR) is 60.5 cm³/mol. The molecule has 1 aromatic heterocycles. The molecule has 1 amide bonds. The van der Waals surface area contributed by atoms with Crippen LogP contribution >= 0.6 is 0 Å². The van der Waals surface area contributed by atoms with Gasteiger partial charge in [-0.05, 0) is 37.8 Å². The number of rotatable bonds is 4. The first-order valence-electron chi connectivity index (χ1n) is 5.58. The first-order chi connectivity index (χ1) is 7.51. The van der Waals surface area contributed by atoms with Crippen LogP contribution < -0.4 is 5.73 Å². The van der Waals surface area contributed by atoms with Crippen molar-refractivity contribution in [3.63, 3.8) is 0 Å². The van der Waals surface area contributed by atoms with E-state index in [2.05, 4.69) is 0 Å². The summed E-state index contributed by atoms with van der Waals surface area (Å²) in [7, 11) is 1.76. The van der Waals surface area contributed by atoms with Gasteiger partial charge in [-0.3, -0.25) is 4.79 Å². The number of carbonyl (C=O) groups is 1. The van der Waals surface area contributed by atoms with E-state index in [-0.39, 0.29) is 5.91 Å². The van der Waals surface area contributed by atoms with E-state index >= 15 is 0 Å². The van der Waals surface area contributed by atoms with E-state index < -0.39 is 5.54 Å². The van der Waals surface area contributed by atoms with Gasteiger partial charge in [0.05, 0.1) is 18.3 Å². The van der Waals surface area contributed by atoms with Crippen LogP contribution in [0.4, 0.5) is 0 Å². The van der Waals surface area contributed by atoms with Crippen LogP contribution in [0.1, 0.15) is 25.5 Å². The fourth-order valence-electron chi connectivity index (χ4n) is 1.98. The maximum absolute atomic E-state index is 12.1. The van der Waals surface area contributed by atoms with Gasteiger partial charge in [-0.1, -0.05) is 0 Å². The molecule has 4 heteroatoms. The number of hydrogen-bond acceptors (Lipinski definition) is 3. The molecule has 2 rings (SSSR count). The smallest absolute Gasteiger partial charge is 0.242 e. The number of furan rings is 1. The van der Waals surface area contributed by atoms with Crippen molar-refractivity contribution in [3.8, 4) is 0 Å². The Morgan fingerprint density at radius 1 is 1.69 bits per heavy atom. The number of carbonyl (C=O) groups excluding carboxylic acids is 1. The molecule has 1 unspecified atom stereocenters. The van der Waals surface area contributed by atoms with E-state index in [9.17, 15) is 4.79 Å². The topological polar surface area (TPSA) is 59.5 Å². The van der Waals surface area contributed by atoms with Crippen molar-refractivity contribution in [2.24, 2.45) is 11.7 Å². The molecule has 1 saturated carbocycles. The summed E-state index contributed by atoms with van der Waals surface area (Å²) in [4.78, 5) is 13.8. The fraction of sp³-hybridized carbons (Fsp3) is 0.583. The molecule has 0 aliphatic heterocycles. The summed E-state index contributed by atoms with van der Waals surface area (Å²) >= 11 is 0. The summed E-state index contributed by atoms with van der Waals surface area (Å²) in [5.74, 6) is 1.12. The van der Waals surface area contributed by atoms with Gasteiger partial charge in [-0.25, -0.2) is 0 Å². The summed E-state index contributed by atoms with van der Waals surface area (Å²) < 4.78 is 5.21. The van der Waals surface area contributed by atoms with Crippen LogP contribution in [0.2, 0.25) is 0 Å². The molecule has 1 heterocycles. The minimum Gasteiger partial charge on any atom is -0.467 e. The van der Waals surface area contributed by atoms with E-state index in [0.717, 1.165) is 18.6 Å². The Kier molecular flexibility index (Phi) is 2.76. The van der Waals surface area contributed by atoms with E-state index in [1.807, 2.05) is 19.1 Å². The quantitative estimate of drug-likeness (QED) is 0.837. The van der Waals surface area contributed by atoms with Gasteiger partial charge in [0.15, 0.2) is 0 Å². The van der Waals surface area contributed by atoms with Crippen LogP contribution in [0.15, 0.2) is 22.8 Å². The summed E-state index contributed by atoms with van der Waals surface area (Å²) in [5.41, 5.74) is 5.35. The summed E-state index contributed by atoms with van der Waals surface area (Å²) in [5, 5.41) is 0. The first-order valence-corrected chi connectivity index (χ1v) is 5.58. The molecule has 0 radical (unpaired) electrons. The maximum atomic E-state index is 12.1. The molecule has 1 aromatic rings. The minimum atomic E-state index is -0.721. The normalized spacial score (nSPS) is 19.2. The monoisotopic (exact) mass is 222 g/mol. The Morgan fingerprint density at radius 3 is 2.88 bits per heavy atom. The maximum Gasteiger partial charge on any atom is 0.242 e. The van der Waals surface area contributed by atoms with E-state index in [1.165, 1.54) is 0 Å². The van der Waals surface area contributed by atoms with Gasteiger partial charge in [0.2, 0.25) is 5.91 Å². The van der Waals surface area contributed by atoms with Crippen LogP contribution in [0.3, 0.4) is 0 Å². The summed E-state index contributed by atoms with van der Waals surface area (Å²) in [6, 6.07) is 3.67. The predicted octanol–water partition coefficient (Wildman–Crippen LogP) is 1.37. The van der Waals surface area contributed by atoms with Crippen LogP contribution in [0.5, 0.6) is 0 Å². The number of likely N-dealkylation sites (N-methyl/N-ethyl adjacent to an activating group) is 1. The highest BCUT2D eigenvalue weighted by Crippen LogP contribution is 2.38. The molecule has 1 aliphatic rings. The molecule has 4 nitrogen and oxygen atoms in total. The van der Waals surface area contributed by atoms with Crippen LogP contribution in [0, 0.1) is 5.92 Å². The highest BCUT2D eigenvalue weighted by atomic mass is 16.3. The van der Waals surface area contributed by atoms with Crippen molar-refractivity contribution in [3.05, 3.63) is 24.2 Å². The van der Waals surface area contributed by atoms with Gasteiger partial charge in [0, 0.05) is 7.05 Å². The Morgan fingerprint density at radius 2 is 2.38 bits per heavy atom. The summed E-state index contributed by atoms with van der Waals surface area (Å²) in [6.45, 7) is 2.30. The molecule has 1 fully saturated rings. The molecule has 2 N–H and O–H groups in total. The molecular formula is C12H18N2O2. The standard InChI is InChI=1S/C12H18N2O2/c1-12(13,9-5-6-9)11(15)14(2)8-10-4-3-7-16-10/h3-4,7,9H,5-6,8,13H2,1-2H3. The van der Waals surface area contributed by atoms with Gasteiger partial charge in [-0.2, -0.15) is 0 Å². The molecule has 0 spiro atoms. The summed E-state index contributed by atoms with van der Waals surface area (Å²) in [6.07, 6.45) is 3.73. The first kappa shape index (κ1) is 11.2. The van der Waals surface area contributed by atoms with E-state index in [4.69, 9.17) is 10.2 Å². The fourth-order valence-corrected chi connectivity index (χ4v) is 1.98. The molecule has 1 atom stereocenters. The average Bonchev–Trinajstić information content (AvgIpc) is 2.99. The van der Waals surface area contributed by atoms with Crippen molar-refractivity contribution >= 4 is 5.91 Å². The molecule has 1 aliphatic carbocycles. The SMILES string of the molecule is CN(Cc1ccco1)C(=O)C(C)(N)C1CC1. The largest absolute Gasteiger partial charge is 0.467 e. The number of hydrogen-bond donors (Lipinski definition) is 1. The van der Waals surface area contributed by atoms with Crippen LogP contribution in [0.25, 0.3) is 0 Å². The number of nitrogens with two attached hydrogens (primary N) is 1. The lowest BCUT2D eigenvalue weighted by atomic mass is 9.95. The third-order valence-electron chi connectivity index (χ3n) is 3.21. The van der Waals surface area contributed by atoms with Crippen molar-refractivity contribution in [1.29, 1.82) is 0 Å². The lowest BCUT2D eigenvalue weighted by Crippen LogP contribution is -2.53. The second-order valence-corrected chi connectivity index (χ2v) is 4.80. The van der Waals surface area contributed by atoms with E-state index in [1.54, 1.807) is 18.2 Å². The van der Waals surface area contributed by atoms with Gasteiger partial charge >= 0.3 is 0 Å².